The molecule has 0 unspecified atom stereocenters. The molecule has 1 heterocycles. The van der Waals surface area contributed by atoms with E-state index in [-0.39, 0.29) is 5.41 Å². The number of benzene rings is 1. The number of nitrogens with two attached hydrogens (primary N) is 1. The Morgan fingerprint density at radius 1 is 1.25 bits per heavy atom. The van der Waals surface area contributed by atoms with Gasteiger partial charge in [0, 0.05) is 11.0 Å². The fraction of sp³-hybridized carbons (Fsp3) is 0.286. The Hall–Kier alpha value is -1.44. The second-order valence-electron chi connectivity index (χ2n) is 5.51. The number of phenols is 1. The summed E-state index contributed by atoms with van der Waals surface area (Å²) in [4.78, 5) is 8.70. The van der Waals surface area contributed by atoms with Crippen LogP contribution in [-0.2, 0) is 5.41 Å². The molecule has 0 amide bonds. The lowest BCUT2D eigenvalue weighted by molar-refractivity contribution is 0.432. The van der Waals surface area contributed by atoms with Gasteiger partial charge in [-0.3, -0.25) is 0 Å². The standard InChI is InChI=1S/C14H15FIN3O/c1-14(2,3)11-10(16)12(17)19-13(18-11)7-4-5-9(20)8(15)6-7/h4-6,20H,1-3H3,(H2,17,18,19). The van der Waals surface area contributed by atoms with Gasteiger partial charge in [0.25, 0.3) is 0 Å². The molecular weight excluding hydrogens is 372 g/mol. The van der Waals surface area contributed by atoms with Crippen molar-refractivity contribution in [1.82, 2.24) is 9.97 Å². The van der Waals surface area contributed by atoms with Crippen molar-refractivity contribution in [3.63, 3.8) is 0 Å². The van der Waals surface area contributed by atoms with Gasteiger partial charge < -0.3 is 10.8 Å². The highest BCUT2D eigenvalue weighted by Gasteiger charge is 2.22. The van der Waals surface area contributed by atoms with Crippen LogP contribution >= 0.6 is 22.6 Å². The highest BCUT2D eigenvalue weighted by molar-refractivity contribution is 14.1. The molecule has 20 heavy (non-hydrogen) atoms. The van der Waals surface area contributed by atoms with Crippen LogP contribution in [0.4, 0.5) is 10.2 Å². The molecule has 3 N–H and O–H groups in total. The maximum Gasteiger partial charge on any atom is 0.165 e. The van der Waals surface area contributed by atoms with E-state index in [2.05, 4.69) is 32.6 Å². The van der Waals surface area contributed by atoms with E-state index in [1.54, 1.807) is 6.07 Å². The average molecular weight is 387 g/mol. The molecule has 0 saturated carbocycles. The van der Waals surface area contributed by atoms with Crippen molar-refractivity contribution >= 4 is 28.4 Å². The van der Waals surface area contributed by atoms with Crippen LogP contribution in [0, 0.1) is 9.39 Å². The van der Waals surface area contributed by atoms with Gasteiger partial charge in [0.2, 0.25) is 0 Å². The van der Waals surface area contributed by atoms with Crippen molar-refractivity contribution in [2.75, 3.05) is 5.73 Å². The minimum absolute atomic E-state index is 0.197. The molecule has 0 bridgehead atoms. The number of anilines is 1. The number of hydrogen-bond acceptors (Lipinski definition) is 4. The average Bonchev–Trinajstić information content (AvgIpc) is 2.34. The SMILES string of the molecule is CC(C)(C)c1nc(-c2ccc(O)c(F)c2)nc(N)c1I. The number of aromatic hydroxyl groups is 1. The van der Waals surface area contributed by atoms with Crippen molar-refractivity contribution in [2.24, 2.45) is 0 Å². The highest BCUT2D eigenvalue weighted by atomic mass is 127. The summed E-state index contributed by atoms with van der Waals surface area (Å²) in [5.74, 6) is -0.385. The first-order valence-electron chi connectivity index (χ1n) is 6.02. The summed E-state index contributed by atoms with van der Waals surface area (Å²) >= 11 is 2.11. The number of phenolic OH excluding ortho intramolecular Hbond substituents is 1. The van der Waals surface area contributed by atoms with Gasteiger partial charge in [-0.25, -0.2) is 14.4 Å². The molecule has 0 atom stereocenters. The minimum Gasteiger partial charge on any atom is -0.505 e. The van der Waals surface area contributed by atoms with Crippen molar-refractivity contribution in [3.05, 3.63) is 33.3 Å². The van der Waals surface area contributed by atoms with Gasteiger partial charge in [-0.15, -0.1) is 0 Å². The normalized spacial score (nSPS) is 11.7. The van der Waals surface area contributed by atoms with Crippen LogP contribution < -0.4 is 5.73 Å². The zero-order valence-electron chi connectivity index (χ0n) is 11.4. The van der Waals surface area contributed by atoms with E-state index in [1.807, 2.05) is 20.8 Å². The van der Waals surface area contributed by atoms with Gasteiger partial charge in [-0.05, 0) is 40.8 Å². The molecule has 4 nitrogen and oxygen atoms in total. The third-order valence-electron chi connectivity index (χ3n) is 2.79. The Bertz CT molecular complexity index is 668. The van der Waals surface area contributed by atoms with E-state index in [0.717, 1.165) is 9.26 Å². The van der Waals surface area contributed by atoms with Crippen LogP contribution in [0.3, 0.4) is 0 Å². The number of hydrogen-bond donors (Lipinski definition) is 2. The lowest BCUT2D eigenvalue weighted by Crippen LogP contribution is -2.18. The Balaban J connectivity index is 2.63. The van der Waals surface area contributed by atoms with E-state index in [1.165, 1.54) is 12.1 Å². The third-order valence-corrected chi connectivity index (χ3v) is 3.86. The van der Waals surface area contributed by atoms with Crippen molar-refractivity contribution in [2.45, 2.75) is 26.2 Å². The molecule has 2 rings (SSSR count). The zero-order chi connectivity index (χ0) is 15.1. The summed E-state index contributed by atoms with van der Waals surface area (Å²) in [6, 6.07) is 4.04. The molecule has 0 saturated heterocycles. The van der Waals surface area contributed by atoms with Crippen LogP contribution in [0.5, 0.6) is 5.75 Å². The summed E-state index contributed by atoms with van der Waals surface area (Å²) in [6.45, 7) is 6.08. The largest absolute Gasteiger partial charge is 0.505 e. The van der Waals surface area contributed by atoms with E-state index in [4.69, 9.17) is 5.73 Å². The molecule has 0 aliphatic heterocycles. The number of aromatic nitrogens is 2. The summed E-state index contributed by atoms with van der Waals surface area (Å²) in [5, 5.41) is 9.23. The fourth-order valence-corrected chi connectivity index (χ4v) is 2.79. The number of halogens is 2. The number of rotatable bonds is 1. The summed E-state index contributed by atoms with van der Waals surface area (Å²) in [6.07, 6.45) is 0. The topological polar surface area (TPSA) is 72.0 Å². The highest BCUT2D eigenvalue weighted by Crippen LogP contribution is 2.31. The molecule has 1 aromatic carbocycles. The van der Waals surface area contributed by atoms with E-state index >= 15 is 0 Å². The van der Waals surface area contributed by atoms with Gasteiger partial charge in [-0.2, -0.15) is 0 Å². The molecule has 0 radical (unpaired) electrons. The van der Waals surface area contributed by atoms with Crippen LogP contribution in [0.2, 0.25) is 0 Å². The first-order chi connectivity index (χ1) is 9.20. The van der Waals surface area contributed by atoms with Crippen molar-refractivity contribution in [1.29, 1.82) is 0 Å². The van der Waals surface area contributed by atoms with Gasteiger partial charge in [0.05, 0.1) is 9.26 Å². The molecule has 0 fully saturated rings. The zero-order valence-corrected chi connectivity index (χ0v) is 13.6. The predicted molar refractivity (Wildman–Crippen MR) is 84.9 cm³/mol. The van der Waals surface area contributed by atoms with E-state index < -0.39 is 11.6 Å². The minimum atomic E-state index is -0.708. The molecule has 6 heteroatoms. The summed E-state index contributed by atoms with van der Waals surface area (Å²) in [5.41, 5.74) is 7.02. The van der Waals surface area contributed by atoms with E-state index in [9.17, 15) is 9.50 Å². The second-order valence-corrected chi connectivity index (χ2v) is 6.59. The third kappa shape index (κ3) is 2.84. The molecular formula is C14H15FIN3O. The maximum absolute atomic E-state index is 13.4. The fourth-order valence-electron chi connectivity index (χ4n) is 1.74. The molecule has 106 valence electrons. The van der Waals surface area contributed by atoms with Gasteiger partial charge in [0.1, 0.15) is 5.82 Å². The Kier molecular flexibility index (Phi) is 3.86. The smallest absolute Gasteiger partial charge is 0.165 e. The van der Waals surface area contributed by atoms with Gasteiger partial charge >= 0.3 is 0 Å². The second kappa shape index (κ2) is 5.16. The van der Waals surface area contributed by atoms with Gasteiger partial charge in [0.15, 0.2) is 17.4 Å². The predicted octanol–water partition coefficient (Wildman–Crippen LogP) is 3.47. The molecule has 1 aromatic heterocycles. The maximum atomic E-state index is 13.4. The Morgan fingerprint density at radius 3 is 2.45 bits per heavy atom. The first kappa shape index (κ1) is 15.0. The summed E-state index contributed by atoms with van der Waals surface area (Å²) in [7, 11) is 0. The molecule has 2 aromatic rings. The Morgan fingerprint density at radius 2 is 1.90 bits per heavy atom. The lowest BCUT2D eigenvalue weighted by Gasteiger charge is -2.21. The molecule has 0 aliphatic carbocycles. The van der Waals surface area contributed by atoms with Crippen LogP contribution in [0.15, 0.2) is 18.2 Å². The first-order valence-corrected chi connectivity index (χ1v) is 7.10. The molecule has 0 spiro atoms. The Labute approximate surface area is 130 Å². The number of nitrogens with zero attached hydrogens (tertiary/aromatic N) is 2. The van der Waals surface area contributed by atoms with Crippen LogP contribution in [0.25, 0.3) is 11.4 Å². The van der Waals surface area contributed by atoms with Gasteiger partial charge in [-0.1, -0.05) is 20.8 Å². The quantitative estimate of drug-likeness (QED) is 0.736. The van der Waals surface area contributed by atoms with E-state index in [0.29, 0.717) is 17.2 Å². The monoisotopic (exact) mass is 387 g/mol. The molecule has 0 aliphatic rings. The van der Waals surface area contributed by atoms with Crippen molar-refractivity contribution in [3.8, 4) is 17.1 Å². The van der Waals surface area contributed by atoms with Crippen LogP contribution in [-0.4, -0.2) is 15.1 Å². The van der Waals surface area contributed by atoms with Crippen molar-refractivity contribution < 1.29 is 9.50 Å². The summed E-state index contributed by atoms with van der Waals surface area (Å²) < 4.78 is 14.2. The lowest BCUT2D eigenvalue weighted by atomic mass is 9.92. The van der Waals surface area contributed by atoms with Crippen LogP contribution in [0.1, 0.15) is 26.5 Å². The number of nitrogen functional groups attached to an aromatic ring is 1.